The molecule has 0 saturated carbocycles. The Hall–Kier alpha value is -0.300. The van der Waals surface area contributed by atoms with Crippen LogP contribution < -0.4 is 9.24 Å². The Balaban J connectivity index is 2.39. The summed E-state index contributed by atoms with van der Waals surface area (Å²) in [6.45, 7) is 0. The highest BCUT2D eigenvalue weighted by Crippen LogP contribution is 2.42. The van der Waals surface area contributed by atoms with E-state index in [1.54, 1.807) is 0 Å². The molecule has 0 spiro atoms. The van der Waals surface area contributed by atoms with E-state index >= 15 is 0 Å². The standard InChI is InChI=1S/C8H8O6P2S2/c9-15(10,11)7-3-1-5(17-7)6-2-4-8(18-6)16(12,13)14/h1-4H,(H2,9,10,11)(H2,12,13,14). The van der Waals surface area contributed by atoms with E-state index in [-0.39, 0.29) is 9.24 Å². The Morgan fingerprint density at radius 3 is 1.28 bits per heavy atom. The van der Waals surface area contributed by atoms with Crippen molar-refractivity contribution in [3.63, 3.8) is 0 Å². The molecule has 0 unspecified atom stereocenters. The van der Waals surface area contributed by atoms with Crippen LogP contribution in [0.4, 0.5) is 0 Å². The zero-order valence-corrected chi connectivity index (χ0v) is 12.0. The maximum Gasteiger partial charge on any atom is 0.366 e. The van der Waals surface area contributed by atoms with Crippen molar-refractivity contribution in [1.82, 2.24) is 0 Å². The van der Waals surface area contributed by atoms with Crippen LogP contribution in [-0.4, -0.2) is 19.6 Å². The molecule has 0 aliphatic carbocycles. The van der Waals surface area contributed by atoms with Crippen molar-refractivity contribution in [3.05, 3.63) is 24.3 Å². The van der Waals surface area contributed by atoms with E-state index in [9.17, 15) is 9.13 Å². The molecule has 2 aromatic heterocycles. The van der Waals surface area contributed by atoms with E-state index in [0.29, 0.717) is 9.75 Å². The van der Waals surface area contributed by atoms with Gasteiger partial charge in [0.1, 0.15) is 9.24 Å². The quantitative estimate of drug-likeness (QED) is 0.628. The minimum Gasteiger partial charge on any atom is -0.320 e. The van der Waals surface area contributed by atoms with Gasteiger partial charge in [0.25, 0.3) is 0 Å². The fraction of sp³-hybridized carbons (Fsp3) is 0. The minimum absolute atomic E-state index is 0.0661. The molecule has 0 aliphatic rings. The van der Waals surface area contributed by atoms with Crippen molar-refractivity contribution < 1.29 is 28.7 Å². The Labute approximate surface area is 110 Å². The van der Waals surface area contributed by atoms with Crippen LogP contribution in [0.25, 0.3) is 9.75 Å². The van der Waals surface area contributed by atoms with Gasteiger partial charge in [-0.05, 0) is 24.3 Å². The monoisotopic (exact) mass is 326 g/mol. The van der Waals surface area contributed by atoms with E-state index in [4.69, 9.17) is 19.6 Å². The molecule has 0 aromatic carbocycles. The predicted molar refractivity (Wildman–Crippen MR) is 71.0 cm³/mol. The summed E-state index contributed by atoms with van der Waals surface area (Å²) in [6, 6.07) is 5.68. The molecule has 18 heavy (non-hydrogen) atoms. The lowest BCUT2D eigenvalue weighted by molar-refractivity contribution is 0.386. The Bertz CT molecular complexity index is 604. The van der Waals surface area contributed by atoms with Crippen LogP contribution in [-0.2, 0) is 9.13 Å². The molecule has 0 fully saturated rings. The van der Waals surface area contributed by atoms with E-state index in [0.717, 1.165) is 22.7 Å². The summed E-state index contributed by atoms with van der Waals surface area (Å²) >= 11 is 1.82. The summed E-state index contributed by atoms with van der Waals surface area (Å²) in [4.78, 5) is 37.1. The summed E-state index contributed by atoms with van der Waals surface area (Å²) in [6.07, 6.45) is 0. The molecule has 10 heteroatoms. The molecule has 0 atom stereocenters. The average molecular weight is 326 g/mol. The lowest BCUT2D eigenvalue weighted by Gasteiger charge is -1.98. The highest BCUT2D eigenvalue weighted by atomic mass is 32.1. The van der Waals surface area contributed by atoms with Gasteiger partial charge in [-0.15, -0.1) is 22.7 Å². The molecule has 6 nitrogen and oxygen atoms in total. The van der Waals surface area contributed by atoms with Crippen molar-refractivity contribution in [2.45, 2.75) is 0 Å². The summed E-state index contributed by atoms with van der Waals surface area (Å²) in [5.41, 5.74) is 0. The number of thiophene rings is 2. The lowest BCUT2D eigenvalue weighted by Crippen LogP contribution is -1.95. The summed E-state index contributed by atoms with van der Waals surface area (Å²) in [7, 11) is -8.55. The van der Waals surface area contributed by atoms with Crippen molar-refractivity contribution in [2.24, 2.45) is 0 Å². The van der Waals surface area contributed by atoms with E-state index in [1.807, 2.05) is 0 Å². The summed E-state index contributed by atoms with van der Waals surface area (Å²) < 4.78 is 21.9. The molecule has 0 amide bonds. The first kappa shape index (κ1) is 14.1. The van der Waals surface area contributed by atoms with E-state index in [2.05, 4.69) is 0 Å². The van der Waals surface area contributed by atoms with Gasteiger partial charge in [0, 0.05) is 9.75 Å². The molecule has 0 bridgehead atoms. The molecule has 2 aromatic rings. The summed E-state index contributed by atoms with van der Waals surface area (Å²) in [5, 5.41) is 0. The minimum atomic E-state index is -4.27. The second-order valence-corrected chi connectivity index (χ2v) is 9.28. The maximum atomic E-state index is 11.0. The third kappa shape index (κ3) is 2.99. The molecule has 0 aliphatic heterocycles. The zero-order chi connectivity index (χ0) is 13.6. The highest BCUT2D eigenvalue weighted by Gasteiger charge is 2.23. The Morgan fingerprint density at radius 2 is 1.06 bits per heavy atom. The first-order chi connectivity index (χ1) is 8.18. The number of rotatable bonds is 3. The van der Waals surface area contributed by atoms with Gasteiger partial charge in [0.15, 0.2) is 0 Å². The Morgan fingerprint density at radius 1 is 0.722 bits per heavy atom. The van der Waals surface area contributed by atoms with Crippen molar-refractivity contribution >= 4 is 47.1 Å². The van der Waals surface area contributed by atoms with Gasteiger partial charge in [-0.2, -0.15) is 0 Å². The van der Waals surface area contributed by atoms with Gasteiger partial charge < -0.3 is 19.6 Å². The maximum absolute atomic E-state index is 11.0. The molecule has 4 N–H and O–H groups in total. The van der Waals surface area contributed by atoms with Crippen molar-refractivity contribution in [1.29, 1.82) is 0 Å². The molecule has 0 saturated heterocycles. The third-order valence-corrected chi connectivity index (χ3v) is 7.39. The first-order valence-corrected chi connectivity index (χ1v) is 9.36. The van der Waals surface area contributed by atoms with Gasteiger partial charge in [-0.3, -0.25) is 9.13 Å². The zero-order valence-electron chi connectivity index (χ0n) is 8.63. The topological polar surface area (TPSA) is 115 Å². The predicted octanol–water partition coefficient (Wildman–Crippen LogP) is 1.08. The fourth-order valence-electron chi connectivity index (χ4n) is 1.23. The van der Waals surface area contributed by atoms with E-state index < -0.39 is 15.2 Å². The molecule has 2 heterocycles. The van der Waals surface area contributed by atoms with Crippen LogP contribution in [0.15, 0.2) is 24.3 Å². The van der Waals surface area contributed by atoms with Crippen molar-refractivity contribution in [3.8, 4) is 9.75 Å². The van der Waals surface area contributed by atoms with Gasteiger partial charge in [-0.25, -0.2) is 0 Å². The second kappa shape index (κ2) is 4.67. The SMILES string of the molecule is O=P(O)(O)c1ccc(-c2ccc(P(=O)(O)O)s2)s1. The largest absolute Gasteiger partial charge is 0.366 e. The third-order valence-electron chi connectivity index (χ3n) is 2.00. The number of hydrogen-bond donors (Lipinski definition) is 4. The molecule has 0 radical (unpaired) electrons. The van der Waals surface area contributed by atoms with Crippen LogP contribution in [0.3, 0.4) is 0 Å². The van der Waals surface area contributed by atoms with Crippen LogP contribution in [0.2, 0.25) is 0 Å². The molecule has 2 rings (SSSR count). The second-order valence-electron chi connectivity index (χ2n) is 3.36. The van der Waals surface area contributed by atoms with Crippen molar-refractivity contribution in [2.75, 3.05) is 0 Å². The Kier molecular flexibility index (Phi) is 3.66. The number of hydrogen-bond acceptors (Lipinski definition) is 4. The normalized spacial score (nSPS) is 12.9. The van der Waals surface area contributed by atoms with Gasteiger partial charge in [0.05, 0.1) is 0 Å². The van der Waals surface area contributed by atoms with Gasteiger partial charge in [-0.1, -0.05) is 0 Å². The molecular weight excluding hydrogens is 318 g/mol. The summed E-state index contributed by atoms with van der Waals surface area (Å²) in [5.74, 6) is 0. The van der Waals surface area contributed by atoms with Crippen LogP contribution in [0.5, 0.6) is 0 Å². The lowest BCUT2D eigenvalue weighted by atomic mass is 10.4. The van der Waals surface area contributed by atoms with Gasteiger partial charge in [0.2, 0.25) is 0 Å². The van der Waals surface area contributed by atoms with Crippen LogP contribution in [0.1, 0.15) is 0 Å². The fourth-order valence-corrected chi connectivity index (χ4v) is 4.89. The highest BCUT2D eigenvalue weighted by molar-refractivity contribution is 7.68. The van der Waals surface area contributed by atoms with Gasteiger partial charge >= 0.3 is 15.2 Å². The smallest absolute Gasteiger partial charge is 0.320 e. The van der Waals surface area contributed by atoms with Crippen LogP contribution >= 0.6 is 37.9 Å². The molecule has 98 valence electrons. The van der Waals surface area contributed by atoms with E-state index in [1.165, 1.54) is 24.3 Å². The first-order valence-electron chi connectivity index (χ1n) is 4.50. The average Bonchev–Trinajstić information content (AvgIpc) is 2.84. The van der Waals surface area contributed by atoms with Crippen LogP contribution in [0, 0.1) is 0 Å². The molecular formula is C8H8O6P2S2.